The quantitative estimate of drug-likeness (QED) is 0.783. The lowest BCUT2D eigenvalue weighted by Crippen LogP contribution is -1.96. The van der Waals surface area contributed by atoms with Gasteiger partial charge in [-0.05, 0) is 22.9 Å². The lowest BCUT2D eigenvalue weighted by atomic mass is 10.0. The number of phenolic OH excluding ortho intramolecular Hbond substituents is 1. The van der Waals surface area contributed by atoms with E-state index in [-0.39, 0.29) is 23.7 Å². The number of hydrogen-bond acceptors (Lipinski definition) is 2. The second-order valence-electron chi connectivity index (χ2n) is 3.02. The normalized spacial score (nSPS) is 9.60. The molecule has 15 heavy (non-hydrogen) atoms. The number of rotatable bonds is 1. The van der Waals surface area contributed by atoms with Gasteiger partial charge in [-0.2, -0.15) is 0 Å². The van der Waals surface area contributed by atoms with Crippen molar-refractivity contribution >= 4 is 29.1 Å². The van der Waals surface area contributed by atoms with E-state index in [4.69, 9.17) is 5.11 Å². The summed E-state index contributed by atoms with van der Waals surface area (Å²) in [6.07, 6.45) is 0. The molecule has 0 aromatic heterocycles. The maximum atomic E-state index is 10.9. The van der Waals surface area contributed by atoms with Crippen molar-refractivity contribution in [2.24, 2.45) is 0 Å². The maximum Gasteiger partial charge on any atom is 0.336 e. The first-order valence-corrected chi connectivity index (χ1v) is 4.13. The van der Waals surface area contributed by atoms with Crippen molar-refractivity contribution in [1.29, 1.82) is 0 Å². The molecule has 0 amide bonds. The van der Waals surface area contributed by atoms with Gasteiger partial charge in [0.2, 0.25) is 0 Å². The molecule has 0 aliphatic heterocycles. The van der Waals surface area contributed by atoms with Gasteiger partial charge in [0.05, 0.1) is 5.56 Å². The second-order valence-corrected chi connectivity index (χ2v) is 3.02. The van der Waals surface area contributed by atoms with E-state index >= 15 is 0 Å². The minimum Gasteiger partial charge on any atom is -0.508 e. The van der Waals surface area contributed by atoms with Gasteiger partial charge in [-0.3, -0.25) is 0 Å². The Morgan fingerprint density at radius 1 is 1.13 bits per heavy atom. The van der Waals surface area contributed by atoms with Crippen molar-refractivity contribution in [1.82, 2.24) is 0 Å². The van der Waals surface area contributed by atoms with E-state index < -0.39 is 5.97 Å². The van der Waals surface area contributed by atoms with E-state index in [2.05, 4.69) is 0 Å². The van der Waals surface area contributed by atoms with Crippen molar-refractivity contribution in [2.45, 2.75) is 0 Å². The molecule has 0 radical (unpaired) electrons. The Hall–Kier alpha value is -1.74. The molecule has 0 aliphatic rings. The zero-order chi connectivity index (χ0) is 10.1. The largest absolute Gasteiger partial charge is 0.508 e. The molecular formula is C11H9ClO3. The lowest BCUT2D eigenvalue weighted by molar-refractivity contribution is 0.0698. The topological polar surface area (TPSA) is 57.5 Å². The number of aromatic hydroxyl groups is 1. The van der Waals surface area contributed by atoms with Crippen LogP contribution in [0.25, 0.3) is 10.8 Å². The molecule has 2 aromatic rings. The fourth-order valence-electron chi connectivity index (χ4n) is 1.47. The van der Waals surface area contributed by atoms with Gasteiger partial charge in [0.25, 0.3) is 0 Å². The fourth-order valence-corrected chi connectivity index (χ4v) is 1.47. The molecule has 2 aromatic carbocycles. The Morgan fingerprint density at radius 2 is 1.80 bits per heavy atom. The third-order valence-electron chi connectivity index (χ3n) is 2.08. The molecule has 0 fully saturated rings. The van der Waals surface area contributed by atoms with Crippen molar-refractivity contribution < 1.29 is 15.0 Å². The summed E-state index contributed by atoms with van der Waals surface area (Å²) >= 11 is 0. The average Bonchev–Trinajstić information content (AvgIpc) is 2.16. The first-order valence-electron chi connectivity index (χ1n) is 4.13. The molecule has 2 N–H and O–H groups in total. The number of carboxylic acid groups (broad SMARTS) is 1. The molecule has 0 saturated carbocycles. The number of hydrogen-bond donors (Lipinski definition) is 2. The van der Waals surface area contributed by atoms with Crippen LogP contribution in [0.15, 0.2) is 36.4 Å². The Labute approximate surface area is 92.4 Å². The number of fused-ring (bicyclic) bond motifs is 1. The van der Waals surface area contributed by atoms with Crippen molar-refractivity contribution in [3.8, 4) is 5.75 Å². The van der Waals surface area contributed by atoms with Gasteiger partial charge in [-0.1, -0.05) is 24.3 Å². The molecule has 0 spiro atoms. The van der Waals surface area contributed by atoms with E-state index in [0.717, 1.165) is 5.39 Å². The van der Waals surface area contributed by atoms with Crippen LogP contribution >= 0.6 is 12.4 Å². The Bertz CT molecular complexity index is 508. The minimum absolute atomic E-state index is 0. The molecule has 0 aliphatic carbocycles. The fraction of sp³-hybridized carbons (Fsp3) is 0. The highest BCUT2D eigenvalue weighted by Gasteiger charge is 2.09. The Kier molecular flexibility index (Phi) is 3.17. The first-order chi connectivity index (χ1) is 6.68. The van der Waals surface area contributed by atoms with E-state index in [9.17, 15) is 9.90 Å². The number of phenols is 1. The maximum absolute atomic E-state index is 10.9. The zero-order valence-electron chi connectivity index (χ0n) is 7.68. The third kappa shape index (κ3) is 2.02. The van der Waals surface area contributed by atoms with E-state index in [1.54, 1.807) is 30.3 Å². The summed E-state index contributed by atoms with van der Waals surface area (Å²) < 4.78 is 0. The summed E-state index contributed by atoms with van der Waals surface area (Å²) in [5.41, 5.74) is 0.126. The summed E-state index contributed by atoms with van der Waals surface area (Å²) in [4.78, 5) is 10.9. The average molecular weight is 225 g/mol. The van der Waals surface area contributed by atoms with Crippen LogP contribution in [0.3, 0.4) is 0 Å². The Balaban J connectivity index is 0.00000112. The number of carboxylic acids is 1. The van der Waals surface area contributed by atoms with Crippen molar-refractivity contribution in [2.75, 3.05) is 0 Å². The monoisotopic (exact) mass is 224 g/mol. The smallest absolute Gasteiger partial charge is 0.336 e. The van der Waals surface area contributed by atoms with Gasteiger partial charge in [-0.25, -0.2) is 4.79 Å². The van der Waals surface area contributed by atoms with Gasteiger partial charge in [0.1, 0.15) is 5.75 Å². The number of halogens is 1. The highest BCUT2D eigenvalue weighted by molar-refractivity contribution is 6.04. The van der Waals surface area contributed by atoms with Crippen LogP contribution in [0.5, 0.6) is 5.75 Å². The lowest BCUT2D eigenvalue weighted by Gasteiger charge is -2.02. The van der Waals surface area contributed by atoms with Crippen molar-refractivity contribution in [3.05, 3.63) is 42.0 Å². The SMILES string of the molecule is Cl.O=C(O)c1cc(O)cc2ccccc12. The number of aromatic carboxylic acids is 1. The molecular weight excluding hydrogens is 216 g/mol. The van der Waals surface area contributed by atoms with Crippen LogP contribution in [-0.2, 0) is 0 Å². The third-order valence-corrected chi connectivity index (χ3v) is 2.08. The van der Waals surface area contributed by atoms with Crippen LogP contribution in [0.4, 0.5) is 0 Å². The molecule has 78 valence electrons. The summed E-state index contributed by atoms with van der Waals surface area (Å²) in [6, 6.07) is 9.85. The molecule has 0 atom stereocenters. The van der Waals surface area contributed by atoms with Crippen LogP contribution in [0.2, 0.25) is 0 Å². The van der Waals surface area contributed by atoms with E-state index in [1.807, 2.05) is 0 Å². The predicted octanol–water partition coefficient (Wildman–Crippen LogP) is 2.67. The van der Waals surface area contributed by atoms with E-state index in [0.29, 0.717) is 5.39 Å². The van der Waals surface area contributed by atoms with E-state index in [1.165, 1.54) is 6.07 Å². The minimum atomic E-state index is -1.03. The predicted molar refractivity (Wildman–Crippen MR) is 59.8 cm³/mol. The van der Waals surface area contributed by atoms with Crippen LogP contribution < -0.4 is 0 Å². The summed E-state index contributed by atoms with van der Waals surface area (Å²) in [5.74, 6) is -1.06. The molecule has 0 bridgehead atoms. The Morgan fingerprint density at radius 3 is 2.47 bits per heavy atom. The molecule has 0 saturated heterocycles. The second kappa shape index (κ2) is 4.19. The number of carbonyl (C=O) groups is 1. The standard InChI is InChI=1S/C11H8O3.ClH/c12-8-5-7-3-1-2-4-9(7)10(6-8)11(13)14;/h1-6,12H,(H,13,14);1H. The molecule has 4 heteroatoms. The van der Waals surface area contributed by atoms with Gasteiger partial charge >= 0.3 is 5.97 Å². The number of benzene rings is 2. The molecule has 2 rings (SSSR count). The molecule has 3 nitrogen and oxygen atoms in total. The van der Waals surface area contributed by atoms with Crippen LogP contribution in [0, 0.1) is 0 Å². The zero-order valence-corrected chi connectivity index (χ0v) is 8.49. The van der Waals surface area contributed by atoms with Gasteiger partial charge < -0.3 is 10.2 Å². The van der Waals surface area contributed by atoms with Gasteiger partial charge in [0.15, 0.2) is 0 Å². The van der Waals surface area contributed by atoms with Crippen LogP contribution in [0.1, 0.15) is 10.4 Å². The summed E-state index contributed by atoms with van der Waals surface area (Å²) in [7, 11) is 0. The van der Waals surface area contributed by atoms with Gasteiger partial charge in [-0.15, -0.1) is 12.4 Å². The van der Waals surface area contributed by atoms with Crippen LogP contribution in [-0.4, -0.2) is 16.2 Å². The highest BCUT2D eigenvalue weighted by Crippen LogP contribution is 2.24. The summed E-state index contributed by atoms with van der Waals surface area (Å²) in [6.45, 7) is 0. The molecule has 0 unspecified atom stereocenters. The highest BCUT2D eigenvalue weighted by atomic mass is 35.5. The first kappa shape index (κ1) is 11.3. The summed E-state index contributed by atoms with van der Waals surface area (Å²) in [5, 5.41) is 19.6. The van der Waals surface area contributed by atoms with Gasteiger partial charge in [0, 0.05) is 0 Å². The molecule has 0 heterocycles. The van der Waals surface area contributed by atoms with Crippen molar-refractivity contribution in [3.63, 3.8) is 0 Å².